The molecule has 0 spiro atoms. The van der Waals surface area contributed by atoms with Gasteiger partial charge >= 0.3 is 0 Å². The van der Waals surface area contributed by atoms with Gasteiger partial charge in [-0.3, -0.25) is 4.79 Å². The summed E-state index contributed by atoms with van der Waals surface area (Å²) in [7, 11) is 0. The summed E-state index contributed by atoms with van der Waals surface area (Å²) in [6.45, 7) is 4.28. The lowest BCUT2D eigenvalue weighted by atomic mass is 9.92. The van der Waals surface area contributed by atoms with Crippen LogP contribution in [-0.2, 0) is 11.2 Å². The number of benzene rings is 1. The fourth-order valence-electron chi connectivity index (χ4n) is 3.07. The number of hydrogen-bond acceptors (Lipinski definition) is 3. The zero-order chi connectivity index (χ0) is 13.9. The van der Waals surface area contributed by atoms with Gasteiger partial charge in [0.1, 0.15) is 0 Å². The third-order valence-corrected chi connectivity index (χ3v) is 5.67. The minimum atomic E-state index is 0. The lowest BCUT2D eigenvalue weighted by Gasteiger charge is -2.29. The predicted molar refractivity (Wildman–Crippen MR) is 90.2 cm³/mol. The van der Waals surface area contributed by atoms with Crippen molar-refractivity contribution in [3.63, 3.8) is 0 Å². The van der Waals surface area contributed by atoms with E-state index >= 15 is 0 Å². The van der Waals surface area contributed by atoms with E-state index in [2.05, 4.69) is 35.8 Å². The minimum absolute atomic E-state index is 0. The van der Waals surface area contributed by atoms with Crippen molar-refractivity contribution in [2.24, 2.45) is 5.92 Å². The molecule has 0 aromatic heterocycles. The number of piperidine rings is 1. The molecule has 3 unspecified atom stereocenters. The van der Waals surface area contributed by atoms with Crippen LogP contribution in [-0.4, -0.2) is 30.3 Å². The van der Waals surface area contributed by atoms with Crippen LogP contribution in [0.25, 0.3) is 0 Å². The second-order valence-corrected chi connectivity index (χ2v) is 7.07. The average molecular weight is 327 g/mol. The first kappa shape index (κ1) is 16.7. The molecule has 21 heavy (non-hydrogen) atoms. The molecule has 2 N–H and O–H groups in total. The van der Waals surface area contributed by atoms with Crippen LogP contribution in [0.3, 0.4) is 0 Å². The Hall–Kier alpha value is -0.710. The Morgan fingerprint density at radius 1 is 1.43 bits per heavy atom. The molecule has 3 atom stereocenters. The molecule has 1 amide bonds. The molecule has 0 aliphatic carbocycles. The van der Waals surface area contributed by atoms with E-state index in [0.29, 0.717) is 5.92 Å². The van der Waals surface area contributed by atoms with Crippen LogP contribution in [0.5, 0.6) is 0 Å². The van der Waals surface area contributed by atoms with Crippen molar-refractivity contribution in [3.8, 4) is 0 Å². The summed E-state index contributed by atoms with van der Waals surface area (Å²) >= 11 is 1.71. The SMILES string of the molecule is CC(NC(=O)C1Cc2ccccc2S1)C1CCCNC1.Cl. The fraction of sp³-hybridized carbons (Fsp3) is 0.562. The van der Waals surface area contributed by atoms with E-state index < -0.39 is 0 Å². The number of carbonyl (C=O) groups is 1. The molecular formula is C16H23ClN2OS. The number of amides is 1. The zero-order valence-electron chi connectivity index (χ0n) is 12.3. The van der Waals surface area contributed by atoms with E-state index in [1.807, 2.05) is 6.07 Å². The summed E-state index contributed by atoms with van der Waals surface area (Å²) in [5.41, 5.74) is 1.31. The molecule has 1 saturated heterocycles. The molecule has 1 aromatic rings. The lowest BCUT2D eigenvalue weighted by Crippen LogP contribution is -2.47. The average Bonchev–Trinajstić information content (AvgIpc) is 2.92. The standard InChI is InChI=1S/C16H22N2OS.ClH/c1-11(13-6-4-8-17-10-13)18-16(19)15-9-12-5-2-3-7-14(12)20-15;/h2-3,5,7,11,13,15,17H,4,6,8-10H2,1H3,(H,18,19);1H. The van der Waals surface area contributed by atoms with Gasteiger partial charge in [-0.2, -0.15) is 0 Å². The Balaban J connectivity index is 0.00000161. The first-order valence-corrected chi connectivity index (χ1v) is 8.37. The Morgan fingerprint density at radius 2 is 2.24 bits per heavy atom. The van der Waals surface area contributed by atoms with Gasteiger partial charge in [0, 0.05) is 10.9 Å². The number of nitrogens with one attached hydrogen (secondary N) is 2. The normalized spacial score (nSPS) is 25.6. The van der Waals surface area contributed by atoms with Crippen LogP contribution in [0, 0.1) is 5.92 Å². The van der Waals surface area contributed by atoms with Crippen LogP contribution in [0.4, 0.5) is 0 Å². The molecule has 2 aliphatic heterocycles. The van der Waals surface area contributed by atoms with E-state index in [1.54, 1.807) is 11.8 Å². The smallest absolute Gasteiger partial charge is 0.234 e. The number of hydrogen-bond donors (Lipinski definition) is 2. The van der Waals surface area contributed by atoms with Crippen molar-refractivity contribution >= 4 is 30.1 Å². The van der Waals surface area contributed by atoms with Gasteiger partial charge in [0.25, 0.3) is 0 Å². The Morgan fingerprint density at radius 3 is 2.95 bits per heavy atom. The molecular weight excluding hydrogens is 304 g/mol. The van der Waals surface area contributed by atoms with Gasteiger partial charge in [0.15, 0.2) is 0 Å². The van der Waals surface area contributed by atoms with Gasteiger partial charge in [-0.25, -0.2) is 0 Å². The van der Waals surface area contributed by atoms with Crippen molar-refractivity contribution in [1.29, 1.82) is 0 Å². The van der Waals surface area contributed by atoms with Gasteiger partial charge in [-0.1, -0.05) is 18.2 Å². The van der Waals surface area contributed by atoms with E-state index in [-0.39, 0.29) is 29.6 Å². The monoisotopic (exact) mass is 326 g/mol. The lowest BCUT2D eigenvalue weighted by molar-refractivity contribution is -0.121. The summed E-state index contributed by atoms with van der Waals surface area (Å²) in [6.07, 6.45) is 3.29. The highest BCUT2D eigenvalue weighted by atomic mass is 35.5. The van der Waals surface area contributed by atoms with Gasteiger partial charge in [0.2, 0.25) is 5.91 Å². The Kier molecular flexibility index (Phi) is 5.97. The summed E-state index contributed by atoms with van der Waals surface area (Å²) in [4.78, 5) is 13.7. The van der Waals surface area contributed by atoms with Crippen molar-refractivity contribution in [2.45, 2.75) is 42.4 Å². The molecule has 1 aromatic carbocycles. The number of halogens is 1. The highest BCUT2D eigenvalue weighted by Gasteiger charge is 2.30. The van der Waals surface area contributed by atoms with E-state index in [1.165, 1.54) is 23.3 Å². The molecule has 0 radical (unpaired) electrons. The number of rotatable bonds is 3. The van der Waals surface area contributed by atoms with Crippen molar-refractivity contribution in [2.75, 3.05) is 13.1 Å². The van der Waals surface area contributed by atoms with Crippen LogP contribution in [0.1, 0.15) is 25.3 Å². The van der Waals surface area contributed by atoms with Gasteiger partial charge in [-0.05, 0) is 56.8 Å². The van der Waals surface area contributed by atoms with Crippen LogP contribution < -0.4 is 10.6 Å². The van der Waals surface area contributed by atoms with Gasteiger partial charge in [0.05, 0.1) is 5.25 Å². The first-order chi connectivity index (χ1) is 9.74. The molecule has 3 nitrogen and oxygen atoms in total. The molecule has 0 saturated carbocycles. The topological polar surface area (TPSA) is 41.1 Å². The Labute approximate surface area is 137 Å². The predicted octanol–water partition coefficient (Wildman–Crippen LogP) is 2.63. The highest BCUT2D eigenvalue weighted by Crippen LogP contribution is 2.36. The molecule has 5 heteroatoms. The summed E-state index contributed by atoms with van der Waals surface area (Å²) in [6, 6.07) is 8.60. The number of carbonyl (C=O) groups excluding carboxylic acids is 1. The highest BCUT2D eigenvalue weighted by molar-refractivity contribution is 8.01. The maximum absolute atomic E-state index is 12.4. The fourth-order valence-corrected chi connectivity index (χ4v) is 4.27. The molecule has 1 fully saturated rings. The van der Waals surface area contributed by atoms with Crippen molar-refractivity contribution in [1.82, 2.24) is 10.6 Å². The second-order valence-electron chi connectivity index (χ2n) is 5.82. The molecule has 116 valence electrons. The van der Waals surface area contributed by atoms with E-state index in [9.17, 15) is 4.79 Å². The molecule has 3 rings (SSSR count). The maximum atomic E-state index is 12.4. The largest absolute Gasteiger partial charge is 0.352 e. The van der Waals surface area contributed by atoms with Crippen LogP contribution in [0.2, 0.25) is 0 Å². The third-order valence-electron chi connectivity index (χ3n) is 4.35. The zero-order valence-corrected chi connectivity index (χ0v) is 13.9. The maximum Gasteiger partial charge on any atom is 0.234 e. The minimum Gasteiger partial charge on any atom is -0.352 e. The second kappa shape index (κ2) is 7.52. The summed E-state index contributed by atoms with van der Waals surface area (Å²) in [5, 5.41) is 6.69. The first-order valence-electron chi connectivity index (χ1n) is 7.49. The molecule has 2 aliphatic rings. The Bertz CT molecular complexity index is 466. The molecule has 2 heterocycles. The van der Waals surface area contributed by atoms with Crippen LogP contribution in [0.15, 0.2) is 29.2 Å². The van der Waals surface area contributed by atoms with Crippen molar-refractivity contribution in [3.05, 3.63) is 29.8 Å². The summed E-state index contributed by atoms with van der Waals surface area (Å²) < 4.78 is 0. The van der Waals surface area contributed by atoms with Gasteiger partial charge < -0.3 is 10.6 Å². The summed E-state index contributed by atoms with van der Waals surface area (Å²) in [5.74, 6) is 0.769. The third kappa shape index (κ3) is 3.93. The quantitative estimate of drug-likeness (QED) is 0.897. The van der Waals surface area contributed by atoms with E-state index in [0.717, 1.165) is 19.5 Å². The number of fused-ring (bicyclic) bond motifs is 1. The molecule has 0 bridgehead atoms. The van der Waals surface area contributed by atoms with Crippen LogP contribution >= 0.6 is 24.2 Å². The van der Waals surface area contributed by atoms with Gasteiger partial charge in [-0.15, -0.1) is 24.2 Å². The van der Waals surface area contributed by atoms with E-state index in [4.69, 9.17) is 0 Å². The number of thioether (sulfide) groups is 1. The van der Waals surface area contributed by atoms with Crippen molar-refractivity contribution < 1.29 is 4.79 Å².